The van der Waals surface area contributed by atoms with Gasteiger partial charge in [-0.25, -0.2) is 0 Å². The fraction of sp³-hybridized carbons (Fsp3) is 0.417. The number of hydrogen-bond donors (Lipinski definition) is 2. The topological polar surface area (TPSA) is 41.1 Å². The summed E-state index contributed by atoms with van der Waals surface area (Å²) in [5.74, 6) is 0.324. The second-order valence-corrected chi connectivity index (χ2v) is 5.20. The van der Waals surface area contributed by atoms with Gasteiger partial charge in [-0.2, -0.15) is 0 Å². The van der Waals surface area contributed by atoms with Crippen molar-refractivity contribution in [3.8, 4) is 0 Å². The standard InChI is InChI=1S/C12H14Cl2N2O/c1-7-5-15-6-9(7)12(17)16-11-4-8(13)2-3-10(11)14/h2-4,7,9,15H,5-6H2,1H3,(H,16,17)/t7-,9-/m1/s1. The van der Waals surface area contributed by atoms with Crippen LogP contribution in [-0.4, -0.2) is 19.0 Å². The smallest absolute Gasteiger partial charge is 0.229 e. The average Bonchev–Trinajstić information content (AvgIpc) is 2.70. The van der Waals surface area contributed by atoms with Gasteiger partial charge in [0.2, 0.25) is 5.91 Å². The number of carbonyl (C=O) groups excluding carboxylic acids is 1. The van der Waals surface area contributed by atoms with Gasteiger partial charge in [-0.05, 0) is 30.7 Å². The zero-order valence-electron chi connectivity index (χ0n) is 9.47. The first kappa shape index (κ1) is 12.7. The van der Waals surface area contributed by atoms with E-state index in [2.05, 4.69) is 17.6 Å². The van der Waals surface area contributed by atoms with Gasteiger partial charge in [-0.3, -0.25) is 4.79 Å². The largest absolute Gasteiger partial charge is 0.324 e. The van der Waals surface area contributed by atoms with Gasteiger partial charge >= 0.3 is 0 Å². The zero-order chi connectivity index (χ0) is 12.4. The second-order valence-electron chi connectivity index (χ2n) is 4.36. The molecule has 0 spiro atoms. The van der Waals surface area contributed by atoms with Crippen molar-refractivity contribution in [2.24, 2.45) is 11.8 Å². The van der Waals surface area contributed by atoms with E-state index in [1.165, 1.54) is 0 Å². The maximum atomic E-state index is 12.0. The lowest BCUT2D eigenvalue weighted by Gasteiger charge is -2.15. The molecule has 0 aliphatic carbocycles. The number of hydrogen-bond acceptors (Lipinski definition) is 2. The monoisotopic (exact) mass is 272 g/mol. The normalized spacial score (nSPS) is 23.7. The van der Waals surface area contributed by atoms with E-state index in [1.54, 1.807) is 18.2 Å². The number of anilines is 1. The van der Waals surface area contributed by atoms with Crippen LogP contribution in [0.3, 0.4) is 0 Å². The van der Waals surface area contributed by atoms with E-state index in [1.807, 2.05) is 0 Å². The summed E-state index contributed by atoms with van der Waals surface area (Å²) >= 11 is 11.9. The predicted octanol–water partition coefficient (Wildman–Crippen LogP) is 2.79. The summed E-state index contributed by atoms with van der Waals surface area (Å²) in [5.41, 5.74) is 0.572. The molecule has 5 heteroatoms. The highest BCUT2D eigenvalue weighted by Crippen LogP contribution is 2.27. The fourth-order valence-corrected chi connectivity index (χ4v) is 2.32. The van der Waals surface area contributed by atoms with Gasteiger partial charge in [-0.15, -0.1) is 0 Å². The molecule has 92 valence electrons. The van der Waals surface area contributed by atoms with Crippen LogP contribution in [0.1, 0.15) is 6.92 Å². The summed E-state index contributed by atoms with van der Waals surface area (Å²) in [4.78, 5) is 12.0. The van der Waals surface area contributed by atoms with Crippen LogP contribution < -0.4 is 10.6 Å². The summed E-state index contributed by atoms with van der Waals surface area (Å²) in [5, 5.41) is 7.08. The van der Waals surface area contributed by atoms with Crippen molar-refractivity contribution in [1.29, 1.82) is 0 Å². The number of amides is 1. The van der Waals surface area contributed by atoms with Crippen LogP contribution in [0.4, 0.5) is 5.69 Å². The van der Waals surface area contributed by atoms with Gasteiger partial charge in [0.15, 0.2) is 0 Å². The minimum absolute atomic E-state index is 0.00772. The summed E-state index contributed by atoms with van der Waals surface area (Å²) in [6.45, 7) is 3.65. The molecule has 1 fully saturated rings. The van der Waals surface area contributed by atoms with Crippen LogP contribution in [0.2, 0.25) is 10.0 Å². The highest BCUT2D eigenvalue weighted by atomic mass is 35.5. The minimum atomic E-state index is -0.00921. The van der Waals surface area contributed by atoms with Crippen molar-refractivity contribution in [3.05, 3.63) is 28.2 Å². The Bertz CT molecular complexity index is 437. The van der Waals surface area contributed by atoms with Gasteiger partial charge in [0, 0.05) is 11.6 Å². The van der Waals surface area contributed by atoms with Gasteiger partial charge < -0.3 is 10.6 Å². The summed E-state index contributed by atoms with van der Waals surface area (Å²) < 4.78 is 0. The summed E-state index contributed by atoms with van der Waals surface area (Å²) in [6, 6.07) is 5.03. The Balaban J connectivity index is 2.10. The summed E-state index contributed by atoms with van der Waals surface area (Å²) in [7, 11) is 0. The predicted molar refractivity (Wildman–Crippen MR) is 70.6 cm³/mol. The quantitative estimate of drug-likeness (QED) is 0.870. The Kier molecular flexibility index (Phi) is 3.92. The molecule has 1 amide bonds. The average molecular weight is 273 g/mol. The second kappa shape index (κ2) is 5.25. The molecule has 0 saturated carbocycles. The molecule has 0 bridgehead atoms. The van der Waals surface area contributed by atoms with E-state index in [9.17, 15) is 4.79 Å². The van der Waals surface area contributed by atoms with Crippen LogP contribution >= 0.6 is 23.2 Å². The molecule has 1 saturated heterocycles. The first-order chi connectivity index (χ1) is 8.08. The zero-order valence-corrected chi connectivity index (χ0v) is 11.0. The maximum absolute atomic E-state index is 12.0. The third kappa shape index (κ3) is 2.92. The number of halogens is 2. The number of carbonyl (C=O) groups is 1. The first-order valence-electron chi connectivity index (χ1n) is 5.54. The van der Waals surface area contributed by atoms with Crippen molar-refractivity contribution in [2.75, 3.05) is 18.4 Å². The highest BCUT2D eigenvalue weighted by molar-refractivity contribution is 6.35. The molecule has 2 atom stereocenters. The molecule has 1 aliphatic rings. The molecule has 0 unspecified atom stereocenters. The summed E-state index contributed by atoms with van der Waals surface area (Å²) in [6.07, 6.45) is 0. The number of rotatable bonds is 2. The number of benzene rings is 1. The first-order valence-corrected chi connectivity index (χ1v) is 6.30. The molecule has 1 aromatic rings. The fourth-order valence-electron chi connectivity index (χ4n) is 1.98. The van der Waals surface area contributed by atoms with Crippen molar-refractivity contribution in [1.82, 2.24) is 5.32 Å². The Morgan fingerprint density at radius 1 is 1.41 bits per heavy atom. The van der Waals surface area contributed by atoms with Crippen LogP contribution in [0.25, 0.3) is 0 Å². The number of nitrogens with one attached hydrogen (secondary N) is 2. The lowest BCUT2D eigenvalue weighted by molar-refractivity contribution is -0.120. The van der Waals surface area contributed by atoms with Gasteiger partial charge in [0.25, 0.3) is 0 Å². The van der Waals surface area contributed by atoms with Crippen LogP contribution in [0.15, 0.2) is 18.2 Å². The molecule has 0 aromatic heterocycles. The Hall–Kier alpha value is -0.770. The molecular formula is C12H14Cl2N2O. The van der Waals surface area contributed by atoms with Crippen molar-refractivity contribution >= 4 is 34.8 Å². The van der Waals surface area contributed by atoms with Gasteiger partial charge in [0.1, 0.15) is 0 Å². The van der Waals surface area contributed by atoms with Gasteiger partial charge in [0.05, 0.1) is 16.6 Å². The van der Waals surface area contributed by atoms with E-state index in [0.29, 0.717) is 28.2 Å². The molecule has 17 heavy (non-hydrogen) atoms. The molecular weight excluding hydrogens is 259 g/mol. The Labute approximate surface area is 110 Å². The SMILES string of the molecule is C[C@@H]1CNC[C@H]1C(=O)Nc1cc(Cl)ccc1Cl. The minimum Gasteiger partial charge on any atom is -0.324 e. The third-order valence-corrected chi connectivity index (χ3v) is 3.61. The molecule has 0 radical (unpaired) electrons. The van der Waals surface area contributed by atoms with E-state index >= 15 is 0 Å². The lowest BCUT2D eigenvalue weighted by atomic mass is 9.97. The highest BCUT2D eigenvalue weighted by Gasteiger charge is 2.29. The maximum Gasteiger partial charge on any atom is 0.229 e. The van der Waals surface area contributed by atoms with Crippen LogP contribution in [-0.2, 0) is 4.79 Å². The molecule has 1 aromatic carbocycles. The lowest BCUT2D eigenvalue weighted by Crippen LogP contribution is -2.27. The van der Waals surface area contributed by atoms with Crippen LogP contribution in [0, 0.1) is 11.8 Å². The van der Waals surface area contributed by atoms with E-state index in [4.69, 9.17) is 23.2 Å². The van der Waals surface area contributed by atoms with E-state index in [0.717, 1.165) is 6.54 Å². The molecule has 2 rings (SSSR count). The molecule has 1 aliphatic heterocycles. The van der Waals surface area contributed by atoms with Crippen molar-refractivity contribution in [2.45, 2.75) is 6.92 Å². The van der Waals surface area contributed by atoms with Crippen LogP contribution in [0.5, 0.6) is 0 Å². The van der Waals surface area contributed by atoms with E-state index in [-0.39, 0.29) is 11.8 Å². The van der Waals surface area contributed by atoms with E-state index < -0.39 is 0 Å². The Morgan fingerprint density at radius 3 is 2.82 bits per heavy atom. The van der Waals surface area contributed by atoms with Crippen molar-refractivity contribution < 1.29 is 4.79 Å². The molecule has 1 heterocycles. The Morgan fingerprint density at radius 2 is 2.18 bits per heavy atom. The molecule has 3 nitrogen and oxygen atoms in total. The van der Waals surface area contributed by atoms with Gasteiger partial charge in [-0.1, -0.05) is 30.1 Å². The van der Waals surface area contributed by atoms with Crippen molar-refractivity contribution in [3.63, 3.8) is 0 Å². The molecule has 2 N–H and O–H groups in total. The third-order valence-electron chi connectivity index (χ3n) is 3.04.